The third-order valence-electron chi connectivity index (χ3n) is 3.63. The van der Waals surface area contributed by atoms with E-state index in [4.69, 9.17) is 4.74 Å². The quantitative estimate of drug-likeness (QED) is 0.757. The Morgan fingerprint density at radius 2 is 1.96 bits per heavy atom. The molecule has 0 saturated heterocycles. The number of carbonyl (C=O) groups excluding carboxylic acids is 1. The Balaban J connectivity index is 2.18. The molecular weight excluding hydrogens is 368 g/mol. The van der Waals surface area contributed by atoms with E-state index in [9.17, 15) is 22.4 Å². The van der Waals surface area contributed by atoms with E-state index in [0.717, 1.165) is 18.2 Å². The van der Waals surface area contributed by atoms with Gasteiger partial charge >= 0.3 is 6.36 Å². The molecule has 0 fully saturated rings. The minimum Gasteiger partial charge on any atom is -0.494 e. The molecule has 2 rings (SSSR count). The maximum atomic E-state index is 13.8. The number of rotatable bonds is 6. The Kier molecular flexibility index (Phi) is 6.24. The van der Waals surface area contributed by atoms with Crippen LogP contribution >= 0.6 is 0 Å². The molecule has 1 heterocycles. The maximum absolute atomic E-state index is 13.8. The van der Waals surface area contributed by atoms with Crippen LogP contribution in [0, 0.1) is 5.82 Å². The molecule has 0 spiro atoms. The summed E-state index contributed by atoms with van der Waals surface area (Å²) in [6.07, 6.45) is -3.49. The highest BCUT2D eigenvalue weighted by atomic mass is 19.4. The van der Waals surface area contributed by atoms with Gasteiger partial charge in [-0.15, -0.1) is 13.2 Å². The van der Waals surface area contributed by atoms with Crippen LogP contribution in [0.25, 0.3) is 0 Å². The van der Waals surface area contributed by atoms with E-state index < -0.39 is 23.8 Å². The number of methoxy groups -OCH3 is 1. The van der Waals surface area contributed by atoms with Gasteiger partial charge in [-0.25, -0.2) is 4.39 Å². The first-order valence-corrected chi connectivity index (χ1v) is 7.97. The summed E-state index contributed by atoms with van der Waals surface area (Å²) in [5.74, 6) is -1.62. The molecule has 0 radical (unpaired) electrons. The molecule has 0 aliphatic carbocycles. The van der Waals surface area contributed by atoms with E-state index >= 15 is 0 Å². The van der Waals surface area contributed by atoms with Gasteiger partial charge in [0.05, 0.1) is 18.9 Å². The summed E-state index contributed by atoms with van der Waals surface area (Å²) in [5, 5.41) is 2.46. The molecule has 0 bridgehead atoms. The van der Waals surface area contributed by atoms with Gasteiger partial charge in [-0.2, -0.15) is 0 Å². The van der Waals surface area contributed by atoms with E-state index in [0.29, 0.717) is 5.69 Å². The lowest BCUT2D eigenvalue weighted by Crippen LogP contribution is -2.24. The molecule has 27 heavy (non-hydrogen) atoms. The third kappa shape index (κ3) is 5.57. The van der Waals surface area contributed by atoms with Gasteiger partial charge < -0.3 is 14.8 Å². The number of halogens is 4. The number of nitrogens with zero attached hydrogens (tertiary/aromatic N) is 1. The molecule has 1 N–H and O–H groups in total. The predicted octanol–water partition coefficient (Wildman–Crippen LogP) is 4.18. The lowest BCUT2D eigenvalue weighted by atomic mass is 10.1. The highest BCUT2D eigenvalue weighted by Gasteiger charge is 2.31. The zero-order valence-corrected chi connectivity index (χ0v) is 14.9. The summed E-state index contributed by atoms with van der Waals surface area (Å²) in [6, 6.07) is 4.13. The Bertz CT molecular complexity index is 823. The highest BCUT2D eigenvalue weighted by Crippen LogP contribution is 2.25. The number of amides is 1. The number of hydrogen-bond donors (Lipinski definition) is 1. The molecule has 0 aliphatic heterocycles. The number of nitrogens with one attached hydrogen (secondary N) is 1. The molecule has 9 heteroatoms. The van der Waals surface area contributed by atoms with Crippen LogP contribution in [0.5, 0.6) is 11.5 Å². The van der Waals surface area contributed by atoms with Crippen LogP contribution in [0.4, 0.5) is 17.6 Å². The number of pyridine rings is 1. The van der Waals surface area contributed by atoms with Gasteiger partial charge in [-0.3, -0.25) is 9.78 Å². The normalized spacial score (nSPS) is 11.4. The molecule has 0 saturated carbocycles. The second kappa shape index (κ2) is 8.24. The summed E-state index contributed by atoms with van der Waals surface area (Å²) in [6.45, 7) is 3.47. The monoisotopic (exact) mass is 386 g/mol. The average molecular weight is 386 g/mol. The summed E-state index contributed by atoms with van der Waals surface area (Å²) in [4.78, 5) is 16.6. The zero-order valence-electron chi connectivity index (χ0n) is 14.9. The number of benzene rings is 1. The highest BCUT2D eigenvalue weighted by molar-refractivity contribution is 5.96. The number of ether oxygens (including phenoxy) is 2. The number of carbonyl (C=O) groups is 1. The fourth-order valence-corrected chi connectivity index (χ4v) is 2.27. The minimum absolute atomic E-state index is 0.0658. The Morgan fingerprint density at radius 1 is 1.26 bits per heavy atom. The minimum atomic E-state index is -4.89. The largest absolute Gasteiger partial charge is 0.573 e. The van der Waals surface area contributed by atoms with Crippen molar-refractivity contribution in [3.05, 3.63) is 53.1 Å². The van der Waals surface area contributed by atoms with Crippen LogP contribution in [0.3, 0.4) is 0 Å². The van der Waals surface area contributed by atoms with Gasteiger partial charge in [-0.05, 0) is 30.2 Å². The van der Waals surface area contributed by atoms with E-state index in [2.05, 4.69) is 15.0 Å². The number of aromatic nitrogens is 1. The van der Waals surface area contributed by atoms with Crippen molar-refractivity contribution in [2.24, 2.45) is 0 Å². The first kappa shape index (κ1) is 20.5. The molecule has 0 unspecified atom stereocenters. The Hall–Kier alpha value is -2.84. The lowest BCUT2D eigenvalue weighted by Gasteiger charge is -2.13. The van der Waals surface area contributed by atoms with Crippen molar-refractivity contribution in [1.29, 1.82) is 0 Å². The third-order valence-corrected chi connectivity index (χ3v) is 3.63. The molecule has 5 nitrogen and oxygen atoms in total. The van der Waals surface area contributed by atoms with Crippen molar-refractivity contribution in [2.45, 2.75) is 32.7 Å². The van der Waals surface area contributed by atoms with Crippen molar-refractivity contribution in [1.82, 2.24) is 10.3 Å². The molecule has 146 valence electrons. The molecule has 1 aromatic heterocycles. The van der Waals surface area contributed by atoms with E-state index in [-0.39, 0.29) is 29.3 Å². The van der Waals surface area contributed by atoms with Crippen molar-refractivity contribution in [3.63, 3.8) is 0 Å². The van der Waals surface area contributed by atoms with Crippen LogP contribution in [-0.2, 0) is 6.54 Å². The summed E-state index contributed by atoms with van der Waals surface area (Å²) < 4.78 is 59.6. The number of alkyl halides is 3. The molecule has 2 aromatic rings. The summed E-state index contributed by atoms with van der Waals surface area (Å²) in [5.41, 5.74) is 0.703. The van der Waals surface area contributed by atoms with Crippen molar-refractivity contribution >= 4 is 5.91 Å². The van der Waals surface area contributed by atoms with Crippen LogP contribution in [0.2, 0.25) is 0 Å². The van der Waals surface area contributed by atoms with Gasteiger partial charge in [0.25, 0.3) is 5.91 Å². The van der Waals surface area contributed by atoms with Crippen molar-refractivity contribution in [3.8, 4) is 11.5 Å². The van der Waals surface area contributed by atoms with Crippen molar-refractivity contribution < 1.29 is 31.8 Å². The fourth-order valence-electron chi connectivity index (χ4n) is 2.27. The van der Waals surface area contributed by atoms with E-state index in [1.807, 2.05) is 13.8 Å². The topological polar surface area (TPSA) is 60.5 Å². The average Bonchev–Trinajstić information content (AvgIpc) is 2.60. The van der Waals surface area contributed by atoms with Gasteiger partial charge in [0.1, 0.15) is 17.3 Å². The van der Waals surface area contributed by atoms with Crippen LogP contribution < -0.4 is 14.8 Å². The summed E-state index contributed by atoms with van der Waals surface area (Å²) in [7, 11) is 1.38. The summed E-state index contributed by atoms with van der Waals surface area (Å²) >= 11 is 0. The fraction of sp³-hybridized carbons (Fsp3) is 0.333. The Labute approximate surface area is 153 Å². The number of hydrogen-bond acceptors (Lipinski definition) is 4. The molecule has 1 aromatic carbocycles. The molecule has 1 amide bonds. The SMILES string of the molecule is COc1cnc(C(C)C)cc1C(=O)NCc1cc(OC(F)(F)F)ccc1F. The van der Waals surface area contributed by atoms with Gasteiger partial charge in [0, 0.05) is 17.8 Å². The maximum Gasteiger partial charge on any atom is 0.573 e. The molecule has 0 aliphatic rings. The van der Waals surface area contributed by atoms with E-state index in [1.54, 1.807) is 6.07 Å². The van der Waals surface area contributed by atoms with Gasteiger partial charge in [0.15, 0.2) is 0 Å². The second-order valence-electron chi connectivity index (χ2n) is 5.95. The van der Waals surface area contributed by atoms with Crippen LogP contribution in [-0.4, -0.2) is 24.4 Å². The molecular formula is C18H18F4N2O3. The first-order valence-electron chi connectivity index (χ1n) is 7.97. The van der Waals surface area contributed by atoms with Gasteiger partial charge in [-0.1, -0.05) is 13.8 Å². The Morgan fingerprint density at radius 3 is 2.56 bits per heavy atom. The predicted molar refractivity (Wildman–Crippen MR) is 89.1 cm³/mol. The first-order chi connectivity index (χ1) is 12.6. The van der Waals surface area contributed by atoms with Crippen molar-refractivity contribution in [2.75, 3.05) is 7.11 Å². The van der Waals surface area contributed by atoms with E-state index in [1.165, 1.54) is 13.3 Å². The smallest absolute Gasteiger partial charge is 0.494 e. The zero-order chi connectivity index (χ0) is 20.2. The van der Waals surface area contributed by atoms with Gasteiger partial charge in [0.2, 0.25) is 0 Å². The molecule has 0 atom stereocenters. The second-order valence-corrected chi connectivity index (χ2v) is 5.95. The van der Waals surface area contributed by atoms with Crippen LogP contribution in [0.15, 0.2) is 30.5 Å². The van der Waals surface area contributed by atoms with Crippen LogP contribution in [0.1, 0.15) is 41.4 Å². The lowest BCUT2D eigenvalue weighted by molar-refractivity contribution is -0.274. The standard InChI is InChI=1S/C18H18F4N2O3/c1-10(2)15-7-13(16(26-3)9-23-15)17(25)24-8-11-6-12(4-5-14(11)19)27-18(20,21)22/h4-7,9-10H,8H2,1-3H3,(H,24,25).